The molecule has 1 amide bonds. The zero-order valence-electron chi connectivity index (χ0n) is 18.5. The van der Waals surface area contributed by atoms with E-state index in [0.717, 1.165) is 11.3 Å². The average molecular weight is 471 g/mol. The minimum absolute atomic E-state index is 0.0630. The number of benzene rings is 1. The Morgan fingerprint density at radius 1 is 1.24 bits per heavy atom. The molecular weight excluding hydrogens is 444 g/mol. The van der Waals surface area contributed by atoms with Gasteiger partial charge in [-0.15, -0.1) is 11.8 Å². The third-order valence-electron chi connectivity index (χ3n) is 4.70. The van der Waals surface area contributed by atoms with Crippen molar-refractivity contribution in [3.63, 3.8) is 0 Å². The summed E-state index contributed by atoms with van der Waals surface area (Å²) >= 11 is 1.50. The van der Waals surface area contributed by atoms with E-state index in [0.29, 0.717) is 23.9 Å². The Morgan fingerprint density at radius 2 is 2.03 bits per heavy atom. The number of aromatic nitrogens is 4. The number of thioether (sulfide) groups is 1. The molecule has 0 aliphatic heterocycles. The van der Waals surface area contributed by atoms with Crippen LogP contribution in [-0.2, 0) is 21.9 Å². The van der Waals surface area contributed by atoms with Crippen LogP contribution in [0.5, 0.6) is 0 Å². The molecule has 1 aromatic carbocycles. The SMILES string of the molecule is CCC(C(=O)NCC(=O)CSCc1ccccc1)n1ccnc(NCc2nc(C)no2)c1=O. The second kappa shape index (κ2) is 12.0. The molecule has 0 spiro atoms. The first kappa shape index (κ1) is 24.2. The number of nitrogens with zero attached hydrogens (tertiary/aromatic N) is 4. The van der Waals surface area contributed by atoms with Gasteiger partial charge >= 0.3 is 0 Å². The number of hydrogen-bond acceptors (Lipinski definition) is 9. The van der Waals surface area contributed by atoms with Crippen molar-refractivity contribution in [2.45, 2.75) is 38.6 Å². The van der Waals surface area contributed by atoms with E-state index in [2.05, 4.69) is 25.8 Å². The fourth-order valence-electron chi connectivity index (χ4n) is 3.08. The van der Waals surface area contributed by atoms with Crippen LogP contribution < -0.4 is 16.2 Å². The van der Waals surface area contributed by atoms with Gasteiger partial charge in [0.25, 0.3) is 5.56 Å². The molecule has 2 heterocycles. The maximum Gasteiger partial charge on any atom is 0.294 e. The first-order valence-corrected chi connectivity index (χ1v) is 11.6. The Hall–Kier alpha value is -3.47. The van der Waals surface area contributed by atoms with Crippen LogP contribution in [0.2, 0.25) is 0 Å². The second-order valence-electron chi connectivity index (χ2n) is 7.24. The molecule has 2 N–H and O–H groups in total. The quantitative estimate of drug-likeness (QED) is 0.408. The van der Waals surface area contributed by atoms with Gasteiger partial charge in [-0.05, 0) is 18.9 Å². The first-order chi connectivity index (χ1) is 16.0. The lowest BCUT2D eigenvalue weighted by molar-refractivity contribution is -0.127. The maximum atomic E-state index is 12.8. The van der Waals surface area contributed by atoms with Crippen LogP contribution in [-0.4, -0.2) is 43.7 Å². The van der Waals surface area contributed by atoms with Crippen LogP contribution in [0.25, 0.3) is 0 Å². The van der Waals surface area contributed by atoms with Crippen molar-refractivity contribution < 1.29 is 14.1 Å². The first-order valence-electron chi connectivity index (χ1n) is 10.5. The maximum absolute atomic E-state index is 12.8. The molecule has 1 unspecified atom stereocenters. The van der Waals surface area contributed by atoms with E-state index in [1.807, 2.05) is 30.3 Å². The number of carbonyl (C=O) groups excluding carboxylic acids is 2. The van der Waals surface area contributed by atoms with Crippen molar-refractivity contribution >= 4 is 29.3 Å². The molecule has 0 saturated carbocycles. The summed E-state index contributed by atoms with van der Waals surface area (Å²) in [6, 6.07) is 9.10. The van der Waals surface area contributed by atoms with Crippen LogP contribution in [0.1, 0.15) is 36.7 Å². The average Bonchev–Trinajstić information content (AvgIpc) is 3.24. The number of rotatable bonds is 12. The number of amides is 1. The van der Waals surface area contributed by atoms with Gasteiger partial charge in [0.1, 0.15) is 6.04 Å². The lowest BCUT2D eigenvalue weighted by Crippen LogP contribution is -2.40. The molecule has 0 aliphatic carbocycles. The van der Waals surface area contributed by atoms with Crippen molar-refractivity contribution in [1.82, 2.24) is 25.0 Å². The fourth-order valence-corrected chi connectivity index (χ4v) is 3.94. The third-order valence-corrected chi connectivity index (χ3v) is 5.77. The highest BCUT2D eigenvalue weighted by Crippen LogP contribution is 2.12. The summed E-state index contributed by atoms with van der Waals surface area (Å²) in [7, 11) is 0. The van der Waals surface area contributed by atoms with Crippen LogP contribution in [0, 0.1) is 6.92 Å². The van der Waals surface area contributed by atoms with E-state index in [9.17, 15) is 14.4 Å². The zero-order valence-corrected chi connectivity index (χ0v) is 19.3. The molecule has 2 aromatic heterocycles. The summed E-state index contributed by atoms with van der Waals surface area (Å²) in [5.41, 5.74) is 0.682. The Morgan fingerprint density at radius 3 is 2.73 bits per heavy atom. The van der Waals surface area contributed by atoms with E-state index >= 15 is 0 Å². The van der Waals surface area contributed by atoms with Crippen LogP contribution in [0.4, 0.5) is 5.82 Å². The van der Waals surface area contributed by atoms with E-state index < -0.39 is 17.5 Å². The molecule has 11 heteroatoms. The molecule has 0 fully saturated rings. The topological polar surface area (TPSA) is 132 Å². The number of anilines is 1. The van der Waals surface area contributed by atoms with E-state index in [-0.39, 0.29) is 24.7 Å². The van der Waals surface area contributed by atoms with Gasteiger partial charge in [-0.25, -0.2) is 4.98 Å². The number of aryl methyl sites for hydroxylation is 1. The summed E-state index contributed by atoms with van der Waals surface area (Å²) in [5, 5.41) is 9.20. The number of ketones is 1. The van der Waals surface area contributed by atoms with Crippen molar-refractivity contribution in [2.75, 3.05) is 17.6 Å². The fraction of sp³-hybridized carbons (Fsp3) is 0.364. The molecule has 174 valence electrons. The van der Waals surface area contributed by atoms with E-state index in [4.69, 9.17) is 4.52 Å². The number of hydrogen-bond donors (Lipinski definition) is 2. The van der Waals surface area contributed by atoms with Gasteiger partial charge < -0.3 is 15.2 Å². The Balaban J connectivity index is 1.53. The standard InChI is InChI=1S/C22H26N6O4S/c1-3-18(21(30)25-11-17(29)14-33-13-16-7-5-4-6-8-16)28-10-9-23-20(22(28)31)24-12-19-26-15(2)27-32-19/h4-10,18H,3,11-14H2,1-2H3,(H,23,24)(H,25,30). The van der Waals surface area contributed by atoms with Crippen LogP contribution in [0.15, 0.2) is 52.0 Å². The normalized spacial score (nSPS) is 11.7. The smallest absolute Gasteiger partial charge is 0.294 e. The summed E-state index contributed by atoms with van der Waals surface area (Å²) in [5.74, 6) is 1.41. The monoisotopic (exact) mass is 470 g/mol. The van der Waals surface area contributed by atoms with E-state index in [1.54, 1.807) is 13.8 Å². The highest BCUT2D eigenvalue weighted by atomic mass is 32.2. The molecule has 0 bridgehead atoms. The molecule has 3 aromatic rings. The van der Waals surface area contributed by atoms with Gasteiger partial charge in [-0.1, -0.05) is 42.4 Å². The summed E-state index contributed by atoms with van der Waals surface area (Å²) < 4.78 is 6.32. The molecule has 0 aliphatic rings. The van der Waals surface area contributed by atoms with Gasteiger partial charge in [0.05, 0.1) is 18.8 Å². The van der Waals surface area contributed by atoms with E-state index in [1.165, 1.54) is 28.7 Å². The molecular formula is C22H26N6O4S. The summed E-state index contributed by atoms with van der Waals surface area (Å²) in [6.45, 7) is 3.53. The van der Waals surface area contributed by atoms with Crippen LogP contribution in [0.3, 0.4) is 0 Å². The van der Waals surface area contributed by atoms with Crippen molar-refractivity contribution in [3.8, 4) is 0 Å². The van der Waals surface area contributed by atoms with Gasteiger partial charge in [0.2, 0.25) is 11.8 Å². The summed E-state index contributed by atoms with van der Waals surface area (Å²) in [4.78, 5) is 45.8. The third kappa shape index (κ3) is 7.01. The highest BCUT2D eigenvalue weighted by Gasteiger charge is 2.21. The zero-order chi connectivity index (χ0) is 23.6. The van der Waals surface area contributed by atoms with Crippen molar-refractivity contribution in [3.05, 3.63) is 70.4 Å². The highest BCUT2D eigenvalue weighted by molar-refractivity contribution is 7.99. The molecule has 10 nitrogen and oxygen atoms in total. The molecule has 1 atom stereocenters. The lowest BCUT2D eigenvalue weighted by atomic mass is 10.2. The Labute approximate surface area is 195 Å². The molecule has 0 radical (unpaired) electrons. The van der Waals surface area contributed by atoms with Gasteiger partial charge in [-0.3, -0.25) is 19.0 Å². The summed E-state index contributed by atoms with van der Waals surface area (Å²) in [6.07, 6.45) is 3.26. The molecule has 33 heavy (non-hydrogen) atoms. The lowest BCUT2D eigenvalue weighted by Gasteiger charge is -2.18. The van der Waals surface area contributed by atoms with Gasteiger partial charge in [0.15, 0.2) is 17.4 Å². The largest absolute Gasteiger partial charge is 0.356 e. The second-order valence-corrected chi connectivity index (χ2v) is 8.22. The Bertz CT molecular complexity index is 1130. The predicted molar refractivity (Wildman–Crippen MR) is 125 cm³/mol. The minimum Gasteiger partial charge on any atom is -0.356 e. The van der Waals surface area contributed by atoms with Gasteiger partial charge in [0, 0.05) is 18.1 Å². The van der Waals surface area contributed by atoms with Crippen LogP contribution >= 0.6 is 11.8 Å². The Kier molecular flexibility index (Phi) is 8.76. The van der Waals surface area contributed by atoms with Gasteiger partial charge in [-0.2, -0.15) is 4.98 Å². The molecule has 0 saturated heterocycles. The number of Topliss-reactive ketones (excluding diaryl/α,β-unsaturated/α-hetero) is 1. The minimum atomic E-state index is -0.767. The number of nitrogens with one attached hydrogen (secondary N) is 2. The van der Waals surface area contributed by atoms with Crippen molar-refractivity contribution in [2.24, 2.45) is 0 Å². The molecule has 3 rings (SSSR count). The predicted octanol–water partition coefficient (Wildman–Crippen LogP) is 2.12. The number of carbonyl (C=O) groups is 2. The van der Waals surface area contributed by atoms with Crippen molar-refractivity contribution in [1.29, 1.82) is 0 Å².